The number of ether oxygens (including phenoxy) is 1. The molecule has 0 radical (unpaired) electrons. The summed E-state index contributed by atoms with van der Waals surface area (Å²) in [4.78, 5) is 0. The van der Waals surface area contributed by atoms with Crippen molar-refractivity contribution in [2.75, 3.05) is 12.8 Å². The molecule has 0 spiro atoms. The minimum absolute atomic E-state index is 0. The molecule has 1 aromatic carbocycles. The van der Waals surface area contributed by atoms with Crippen LogP contribution in [0.2, 0.25) is 0 Å². The van der Waals surface area contributed by atoms with E-state index in [1.807, 2.05) is 6.07 Å². The van der Waals surface area contributed by atoms with Crippen molar-refractivity contribution >= 4 is 18.1 Å². The van der Waals surface area contributed by atoms with Gasteiger partial charge in [0.15, 0.2) is 0 Å². The van der Waals surface area contributed by atoms with Gasteiger partial charge < -0.3 is 10.5 Å². The van der Waals surface area contributed by atoms with Crippen molar-refractivity contribution in [2.45, 2.75) is 0 Å². The fraction of sp³-hybridized carbons (Fsp3) is 0.125. The van der Waals surface area contributed by atoms with Gasteiger partial charge in [0, 0.05) is 5.56 Å². The molecule has 1 aromatic heterocycles. The highest BCUT2D eigenvalue weighted by molar-refractivity contribution is 5.85. The van der Waals surface area contributed by atoms with Crippen LogP contribution in [0.3, 0.4) is 0 Å². The molecule has 0 saturated carbocycles. The smallest absolute Gasteiger partial charge is 0.204 e. The van der Waals surface area contributed by atoms with Crippen LogP contribution in [0.1, 0.15) is 0 Å². The molecule has 2 aromatic rings. The Labute approximate surface area is 92.2 Å². The lowest BCUT2D eigenvalue weighted by Crippen LogP contribution is -1.92. The SMILES string of the molecule is COc1cc(-c2nn[nH]n2)ccc1N.Cl. The summed E-state index contributed by atoms with van der Waals surface area (Å²) in [5, 5.41) is 13.5. The first-order valence-corrected chi connectivity index (χ1v) is 3.98. The van der Waals surface area contributed by atoms with E-state index < -0.39 is 0 Å². The highest BCUT2D eigenvalue weighted by Gasteiger charge is 2.06. The second-order valence-electron chi connectivity index (χ2n) is 2.69. The standard InChI is InChI=1S/C8H9N5O.ClH/c1-14-7-4-5(2-3-6(7)9)8-10-12-13-11-8;/h2-4H,9H2,1H3,(H,10,11,12,13);1H. The summed E-state index contributed by atoms with van der Waals surface area (Å²) < 4.78 is 5.07. The van der Waals surface area contributed by atoms with Gasteiger partial charge in [0.25, 0.3) is 0 Å². The summed E-state index contributed by atoms with van der Waals surface area (Å²) in [6.07, 6.45) is 0. The minimum atomic E-state index is 0. The van der Waals surface area contributed by atoms with Gasteiger partial charge in [0.1, 0.15) is 5.75 Å². The first-order chi connectivity index (χ1) is 6.81. The number of nitrogens with zero attached hydrogens (tertiary/aromatic N) is 3. The average molecular weight is 228 g/mol. The lowest BCUT2D eigenvalue weighted by molar-refractivity contribution is 0.417. The first kappa shape index (κ1) is 11.3. The van der Waals surface area contributed by atoms with Crippen LogP contribution in [-0.2, 0) is 0 Å². The number of tetrazole rings is 1. The van der Waals surface area contributed by atoms with Crippen LogP contribution < -0.4 is 10.5 Å². The number of anilines is 1. The molecule has 0 aliphatic carbocycles. The maximum absolute atomic E-state index is 5.66. The van der Waals surface area contributed by atoms with Gasteiger partial charge in [0.05, 0.1) is 12.8 Å². The summed E-state index contributed by atoms with van der Waals surface area (Å²) in [7, 11) is 1.56. The van der Waals surface area contributed by atoms with Crippen molar-refractivity contribution in [1.82, 2.24) is 20.6 Å². The highest BCUT2D eigenvalue weighted by Crippen LogP contribution is 2.26. The van der Waals surface area contributed by atoms with Gasteiger partial charge in [-0.25, -0.2) is 0 Å². The maximum atomic E-state index is 5.66. The lowest BCUT2D eigenvalue weighted by atomic mass is 10.2. The highest BCUT2D eigenvalue weighted by atomic mass is 35.5. The quantitative estimate of drug-likeness (QED) is 0.744. The maximum Gasteiger partial charge on any atom is 0.204 e. The minimum Gasteiger partial charge on any atom is -0.495 e. The molecule has 1 heterocycles. The van der Waals surface area contributed by atoms with Crippen LogP contribution in [0.15, 0.2) is 18.2 Å². The van der Waals surface area contributed by atoms with E-state index in [9.17, 15) is 0 Å². The molecular weight excluding hydrogens is 218 g/mol. The molecule has 0 aliphatic heterocycles. The molecule has 0 amide bonds. The van der Waals surface area contributed by atoms with Crippen molar-refractivity contribution < 1.29 is 4.74 Å². The zero-order valence-electron chi connectivity index (χ0n) is 7.97. The van der Waals surface area contributed by atoms with Crippen LogP contribution in [0.4, 0.5) is 5.69 Å². The molecule has 0 bridgehead atoms. The Morgan fingerprint density at radius 3 is 2.80 bits per heavy atom. The summed E-state index contributed by atoms with van der Waals surface area (Å²) in [5.41, 5.74) is 7.06. The van der Waals surface area contributed by atoms with Gasteiger partial charge in [0.2, 0.25) is 5.82 Å². The Balaban J connectivity index is 0.00000112. The molecule has 6 nitrogen and oxygen atoms in total. The Bertz CT molecular complexity index is 431. The summed E-state index contributed by atoms with van der Waals surface area (Å²) in [6, 6.07) is 5.31. The number of hydrogen-bond acceptors (Lipinski definition) is 5. The van der Waals surface area contributed by atoms with E-state index in [-0.39, 0.29) is 12.4 Å². The molecule has 0 unspecified atom stereocenters. The molecule has 15 heavy (non-hydrogen) atoms. The number of benzene rings is 1. The van der Waals surface area contributed by atoms with Crippen LogP contribution >= 0.6 is 12.4 Å². The first-order valence-electron chi connectivity index (χ1n) is 3.98. The van der Waals surface area contributed by atoms with Crippen LogP contribution in [0.5, 0.6) is 5.75 Å². The van der Waals surface area contributed by atoms with Crippen LogP contribution in [0, 0.1) is 0 Å². The number of hydrogen-bond donors (Lipinski definition) is 2. The third-order valence-electron chi connectivity index (χ3n) is 1.84. The number of aromatic nitrogens is 4. The fourth-order valence-electron chi connectivity index (χ4n) is 1.13. The molecule has 7 heteroatoms. The number of aromatic amines is 1. The third kappa shape index (κ3) is 2.16. The largest absolute Gasteiger partial charge is 0.495 e. The van der Waals surface area contributed by atoms with Crippen molar-refractivity contribution in [3.05, 3.63) is 18.2 Å². The zero-order chi connectivity index (χ0) is 9.97. The normalized spacial score (nSPS) is 9.40. The number of H-pyrrole nitrogens is 1. The molecule has 2 rings (SSSR count). The number of halogens is 1. The van der Waals surface area contributed by atoms with E-state index in [1.165, 1.54) is 0 Å². The van der Waals surface area contributed by atoms with Crippen molar-refractivity contribution in [3.63, 3.8) is 0 Å². The molecule has 0 saturated heterocycles. The van der Waals surface area contributed by atoms with Crippen molar-refractivity contribution in [2.24, 2.45) is 0 Å². The molecule has 0 aliphatic rings. The summed E-state index contributed by atoms with van der Waals surface area (Å²) in [6.45, 7) is 0. The van der Waals surface area contributed by atoms with Gasteiger partial charge >= 0.3 is 0 Å². The number of nitrogen functional groups attached to an aromatic ring is 1. The van der Waals surface area contributed by atoms with Gasteiger partial charge in [-0.1, -0.05) is 0 Å². The van der Waals surface area contributed by atoms with E-state index in [1.54, 1.807) is 19.2 Å². The monoisotopic (exact) mass is 227 g/mol. The number of nitrogens with two attached hydrogens (primary N) is 1. The Kier molecular flexibility index (Phi) is 3.46. The fourth-order valence-corrected chi connectivity index (χ4v) is 1.13. The Hall–Kier alpha value is -1.82. The zero-order valence-corrected chi connectivity index (χ0v) is 8.78. The second-order valence-corrected chi connectivity index (χ2v) is 2.69. The Morgan fingerprint density at radius 1 is 1.40 bits per heavy atom. The summed E-state index contributed by atoms with van der Waals surface area (Å²) >= 11 is 0. The van der Waals surface area contributed by atoms with E-state index in [0.717, 1.165) is 5.56 Å². The summed E-state index contributed by atoms with van der Waals surface area (Å²) in [5.74, 6) is 1.12. The van der Waals surface area contributed by atoms with E-state index in [2.05, 4.69) is 20.6 Å². The van der Waals surface area contributed by atoms with Gasteiger partial charge in [-0.15, -0.1) is 22.6 Å². The van der Waals surface area contributed by atoms with Crippen LogP contribution in [0.25, 0.3) is 11.4 Å². The number of methoxy groups -OCH3 is 1. The topological polar surface area (TPSA) is 89.7 Å². The van der Waals surface area contributed by atoms with E-state index >= 15 is 0 Å². The molecule has 80 valence electrons. The third-order valence-corrected chi connectivity index (χ3v) is 1.84. The number of rotatable bonds is 2. The number of nitrogens with one attached hydrogen (secondary N) is 1. The predicted octanol–water partition coefficient (Wildman–Crippen LogP) is 0.879. The lowest BCUT2D eigenvalue weighted by Gasteiger charge is -2.04. The predicted molar refractivity (Wildman–Crippen MR) is 57.8 cm³/mol. The molecule has 0 atom stereocenters. The van der Waals surface area contributed by atoms with Crippen molar-refractivity contribution in [3.8, 4) is 17.1 Å². The van der Waals surface area contributed by atoms with Crippen LogP contribution in [-0.4, -0.2) is 27.7 Å². The van der Waals surface area contributed by atoms with E-state index in [0.29, 0.717) is 17.3 Å². The second kappa shape index (κ2) is 4.61. The van der Waals surface area contributed by atoms with Gasteiger partial charge in [-0.3, -0.25) is 0 Å². The van der Waals surface area contributed by atoms with Crippen molar-refractivity contribution in [1.29, 1.82) is 0 Å². The Morgan fingerprint density at radius 2 is 2.20 bits per heavy atom. The average Bonchev–Trinajstić information content (AvgIpc) is 2.71. The van der Waals surface area contributed by atoms with Gasteiger partial charge in [-0.05, 0) is 23.4 Å². The molecule has 0 fully saturated rings. The van der Waals surface area contributed by atoms with Gasteiger partial charge in [-0.2, -0.15) is 5.21 Å². The molecular formula is C8H10ClN5O. The molecule has 3 N–H and O–H groups in total. The van der Waals surface area contributed by atoms with E-state index in [4.69, 9.17) is 10.5 Å².